The molecule has 0 aliphatic carbocycles. The van der Waals surface area contributed by atoms with Crippen molar-refractivity contribution in [3.63, 3.8) is 0 Å². The van der Waals surface area contributed by atoms with Crippen molar-refractivity contribution >= 4 is 21.6 Å². The molecule has 0 atom stereocenters. The average Bonchev–Trinajstić information content (AvgIpc) is 2.34. The first-order valence-electron chi connectivity index (χ1n) is 6.53. The highest BCUT2D eigenvalue weighted by atomic mass is 79.9. The normalized spacial score (nSPS) is 19.3. The number of nitro benzene ring substituents is 1. The molecule has 5 heteroatoms. The van der Waals surface area contributed by atoms with Gasteiger partial charge in [0.15, 0.2) is 0 Å². The second-order valence-electron chi connectivity index (χ2n) is 5.97. The van der Waals surface area contributed by atoms with E-state index < -0.39 is 0 Å². The van der Waals surface area contributed by atoms with Gasteiger partial charge in [-0.25, -0.2) is 0 Å². The van der Waals surface area contributed by atoms with Crippen LogP contribution in [0.2, 0.25) is 0 Å². The zero-order valence-electron chi connectivity index (χ0n) is 11.4. The molecule has 1 aliphatic heterocycles. The van der Waals surface area contributed by atoms with Crippen molar-refractivity contribution in [2.75, 3.05) is 13.1 Å². The van der Waals surface area contributed by atoms with E-state index in [1.807, 2.05) is 0 Å². The summed E-state index contributed by atoms with van der Waals surface area (Å²) >= 11 is 3.48. The van der Waals surface area contributed by atoms with Crippen molar-refractivity contribution in [2.45, 2.75) is 33.2 Å². The maximum Gasteiger partial charge on any atom is 0.269 e. The first-order valence-corrected chi connectivity index (χ1v) is 7.32. The molecule has 0 amide bonds. The minimum absolute atomic E-state index is 0.163. The van der Waals surface area contributed by atoms with E-state index >= 15 is 0 Å². The smallest absolute Gasteiger partial charge is 0.269 e. The van der Waals surface area contributed by atoms with Crippen LogP contribution in [0.5, 0.6) is 0 Å². The summed E-state index contributed by atoms with van der Waals surface area (Å²) in [5.41, 5.74) is 1.58. The molecule has 2 rings (SSSR count). The fraction of sp³-hybridized carbons (Fsp3) is 0.571. The van der Waals surface area contributed by atoms with Gasteiger partial charge in [0.25, 0.3) is 5.69 Å². The number of halogens is 1. The first kappa shape index (κ1) is 14.5. The molecule has 4 nitrogen and oxygen atoms in total. The Bertz CT molecular complexity index is 478. The van der Waals surface area contributed by atoms with Gasteiger partial charge in [-0.3, -0.25) is 15.0 Å². The molecule has 0 aromatic heterocycles. The van der Waals surface area contributed by atoms with Gasteiger partial charge in [-0.2, -0.15) is 0 Å². The fourth-order valence-electron chi connectivity index (χ4n) is 2.35. The predicted octanol–water partition coefficient (Wildman–Crippen LogP) is 3.98. The van der Waals surface area contributed by atoms with Crippen molar-refractivity contribution < 1.29 is 4.92 Å². The van der Waals surface area contributed by atoms with Crippen molar-refractivity contribution in [2.24, 2.45) is 5.41 Å². The van der Waals surface area contributed by atoms with Gasteiger partial charge in [0.2, 0.25) is 0 Å². The number of nitro groups is 1. The van der Waals surface area contributed by atoms with E-state index in [1.54, 1.807) is 12.1 Å². The van der Waals surface area contributed by atoms with Crippen molar-refractivity contribution in [3.05, 3.63) is 38.3 Å². The van der Waals surface area contributed by atoms with Crippen LogP contribution in [-0.2, 0) is 6.54 Å². The highest BCUT2D eigenvalue weighted by molar-refractivity contribution is 9.10. The molecule has 0 bridgehead atoms. The Morgan fingerprint density at radius 3 is 2.58 bits per heavy atom. The highest BCUT2D eigenvalue weighted by Gasteiger charge is 2.25. The molecular weight excluding hydrogens is 308 g/mol. The van der Waals surface area contributed by atoms with Crippen LogP contribution in [0.15, 0.2) is 22.7 Å². The van der Waals surface area contributed by atoms with E-state index in [1.165, 1.54) is 18.9 Å². The van der Waals surface area contributed by atoms with Gasteiger partial charge < -0.3 is 0 Å². The molecule has 1 heterocycles. The molecule has 0 saturated carbocycles. The molecule has 19 heavy (non-hydrogen) atoms. The standard InChI is InChI=1S/C14H19BrN2O2/c1-14(2)5-7-16(8-6-14)10-11-9-12(17(18)19)3-4-13(11)15/h3-4,9H,5-8,10H2,1-2H3. The summed E-state index contributed by atoms with van der Waals surface area (Å²) in [6.07, 6.45) is 2.36. The summed E-state index contributed by atoms with van der Waals surface area (Å²) in [4.78, 5) is 12.9. The maximum absolute atomic E-state index is 10.8. The predicted molar refractivity (Wildman–Crippen MR) is 79.1 cm³/mol. The van der Waals surface area contributed by atoms with Crippen molar-refractivity contribution in [1.82, 2.24) is 4.90 Å². The Balaban J connectivity index is 2.07. The van der Waals surface area contributed by atoms with E-state index in [2.05, 4.69) is 34.7 Å². The third kappa shape index (κ3) is 3.76. The second-order valence-corrected chi connectivity index (χ2v) is 6.83. The maximum atomic E-state index is 10.8. The summed E-state index contributed by atoms with van der Waals surface area (Å²) in [5, 5.41) is 10.8. The van der Waals surface area contributed by atoms with Gasteiger partial charge in [0, 0.05) is 23.2 Å². The van der Waals surface area contributed by atoms with Gasteiger partial charge in [-0.15, -0.1) is 0 Å². The number of non-ortho nitro benzene ring substituents is 1. The number of piperidine rings is 1. The SMILES string of the molecule is CC1(C)CCN(Cc2cc([N+](=O)[O-])ccc2Br)CC1. The quantitative estimate of drug-likeness (QED) is 0.623. The molecule has 1 saturated heterocycles. The Morgan fingerprint density at radius 2 is 2.00 bits per heavy atom. The molecular formula is C14H19BrN2O2. The Hall–Kier alpha value is -0.940. The van der Waals surface area contributed by atoms with Gasteiger partial charge in [-0.05, 0) is 43.0 Å². The number of hydrogen-bond donors (Lipinski definition) is 0. The Morgan fingerprint density at radius 1 is 1.37 bits per heavy atom. The van der Waals surface area contributed by atoms with Crippen LogP contribution in [0.1, 0.15) is 32.3 Å². The molecule has 1 aromatic carbocycles. The number of nitrogens with zero attached hydrogens (tertiary/aromatic N) is 2. The zero-order valence-corrected chi connectivity index (χ0v) is 12.9. The van der Waals surface area contributed by atoms with Crippen LogP contribution in [0.4, 0.5) is 5.69 Å². The van der Waals surface area contributed by atoms with Crippen LogP contribution >= 0.6 is 15.9 Å². The monoisotopic (exact) mass is 326 g/mol. The van der Waals surface area contributed by atoms with Gasteiger partial charge in [0.1, 0.15) is 0 Å². The highest BCUT2D eigenvalue weighted by Crippen LogP contribution is 2.31. The Kier molecular flexibility index (Phi) is 4.26. The third-order valence-corrected chi connectivity index (χ3v) is 4.62. The lowest BCUT2D eigenvalue weighted by Gasteiger charge is -2.37. The number of hydrogen-bond acceptors (Lipinski definition) is 3. The van der Waals surface area contributed by atoms with Crippen LogP contribution in [0, 0.1) is 15.5 Å². The molecule has 1 aliphatic rings. The number of rotatable bonds is 3. The largest absolute Gasteiger partial charge is 0.299 e. The summed E-state index contributed by atoms with van der Waals surface area (Å²) in [5.74, 6) is 0. The van der Waals surface area contributed by atoms with Crippen molar-refractivity contribution in [3.8, 4) is 0 Å². The molecule has 1 aromatic rings. The van der Waals surface area contributed by atoms with E-state index in [0.717, 1.165) is 29.7 Å². The van der Waals surface area contributed by atoms with E-state index in [-0.39, 0.29) is 10.6 Å². The minimum Gasteiger partial charge on any atom is -0.299 e. The summed E-state index contributed by atoms with van der Waals surface area (Å²) in [6.45, 7) is 7.49. The van der Waals surface area contributed by atoms with Gasteiger partial charge in [0.05, 0.1) is 4.92 Å². The molecule has 0 unspecified atom stereocenters. The molecule has 0 N–H and O–H groups in total. The van der Waals surface area contributed by atoms with Gasteiger partial charge in [-0.1, -0.05) is 29.8 Å². The average molecular weight is 327 g/mol. The lowest BCUT2D eigenvalue weighted by Crippen LogP contribution is -2.36. The molecule has 0 radical (unpaired) electrons. The molecule has 0 spiro atoms. The topological polar surface area (TPSA) is 46.4 Å². The summed E-state index contributed by atoms with van der Waals surface area (Å²) in [7, 11) is 0. The Labute approximate surface area is 122 Å². The number of likely N-dealkylation sites (tertiary alicyclic amines) is 1. The van der Waals surface area contributed by atoms with Crippen LogP contribution in [-0.4, -0.2) is 22.9 Å². The van der Waals surface area contributed by atoms with Gasteiger partial charge >= 0.3 is 0 Å². The molecule has 104 valence electrons. The lowest BCUT2D eigenvalue weighted by molar-refractivity contribution is -0.384. The van der Waals surface area contributed by atoms with E-state index in [0.29, 0.717) is 5.41 Å². The summed E-state index contributed by atoms with van der Waals surface area (Å²) < 4.78 is 0.947. The van der Waals surface area contributed by atoms with Crippen LogP contribution < -0.4 is 0 Å². The zero-order chi connectivity index (χ0) is 14.0. The van der Waals surface area contributed by atoms with Crippen molar-refractivity contribution in [1.29, 1.82) is 0 Å². The minimum atomic E-state index is -0.338. The van der Waals surface area contributed by atoms with Crippen LogP contribution in [0.25, 0.3) is 0 Å². The molecule has 1 fully saturated rings. The summed E-state index contributed by atoms with van der Waals surface area (Å²) in [6, 6.07) is 4.97. The van der Waals surface area contributed by atoms with Crippen LogP contribution in [0.3, 0.4) is 0 Å². The fourth-order valence-corrected chi connectivity index (χ4v) is 2.73. The van der Waals surface area contributed by atoms with E-state index in [4.69, 9.17) is 0 Å². The van der Waals surface area contributed by atoms with E-state index in [9.17, 15) is 10.1 Å². The lowest BCUT2D eigenvalue weighted by atomic mass is 9.82. The third-order valence-electron chi connectivity index (χ3n) is 3.84. The first-order chi connectivity index (χ1) is 8.87. The number of benzene rings is 1. The second kappa shape index (κ2) is 5.59.